The van der Waals surface area contributed by atoms with E-state index < -0.39 is 66.7 Å². The van der Waals surface area contributed by atoms with Gasteiger partial charge in [-0.25, -0.2) is 4.79 Å². The van der Waals surface area contributed by atoms with Crippen molar-refractivity contribution >= 4 is 35.6 Å². The van der Waals surface area contributed by atoms with Gasteiger partial charge in [-0.2, -0.15) is 0 Å². The number of amides is 4. The van der Waals surface area contributed by atoms with Gasteiger partial charge in [-0.15, -0.1) is 0 Å². The van der Waals surface area contributed by atoms with Crippen molar-refractivity contribution in [3.05, 3.63) is 0 Å². The molecule has 0 heterocycles. The van der Waals surface area contributed by atoms with Crippen LogP contribution in [0.3, 0.4) is 0 Å². The zero-order valence-corrected chi connectivity index (χ0v) is 17.6. The molecule has 13 heteroatoms. The molecule has 9 N–H and O–H groups in total. The molecule has 0 rings (SSSR count). The maximum absolute atomic E-state index is 12.4. The van der Waals surface area contributed by atoms with Gasteiger partial charge in [0.05, 0.1) is 12.6 Å². The van der Waals surface area contributed by atoms with Gasteiger partial charge in [0.1, 0.15) is 12.1 Å². The van der Waals surface area contributed by atoms with Crippen LogP contribution >= 0.6 is 0 Å². The number of carboxylic acids is 2. The lowest BCUT2D eigenvalue weighted by molar-refractivity contribution is -0.143. The number of rotatable bonds is 15. The minimum absolute atomic E-state index is 0.120. The van der Waals surface area contributed by atoms with Gasteiger partial charge in [0.2, 0.25) is 23.6 Å². The van der Waals surface area contributed by atoms with Crippen molar-refractivity contribution < 1.29 is 39.0 Å². The van der Waals surface area contributed by atoms with Crippen molar-refractivity contribution in [2.45, 2.75) is 64.1 Å². The number of carboxylic acid groups (broad SMARTS) is 2. The third-order valence-electron chi connectivity index (χ3n) is 4.58. The fourth-order valence-electron chi connectivity index (χ4n) is 2.40. The molecule has 31 heavy (non-hydrogen) atoms. The standard InChI is InChI=1S/C18H31N5O8/c1-3-9(2)15(20)17(29)21-8-13(25)22-10(5-7-14(26)27)16(28)23-11(18(30)31)4-6-12(19)24/h9-11,15H,3-8,20H2,1-2H3,(H2,19,24)(H,21,29)(H,22,25)(H,23,28)(H,26,27)(H,30,31). The maximum atomic E-state index is 12.4. The number of carbonyl (C=O) groups excluding carboxylic acids is 4. The van der Waals surface area contributed by atoms with Gasteiger partial charge in [0, 0.05) is 12.8 Å². The number of primary amides is 1. The predicted octanol–water partition coefficient (Wildman–Crippen LogP) is -2.34. The summed E-state index contributed by atoms with van der Waals surface area (Å²) in [7, 11) is 0. The van der Waals surface area contributed by atoms with Crippen LogP contribution in [-0.4, -0.2) is 70.5 Å². The topological polar surface area (TPSA) is 231 Å². The van der Waals surface area contributed by atoms with Crippen LogP contribution in [0.25, 0.3) is 0 Å². The molecule has 0 radical (unpaired) electrons. The van der Waals surface area contributed by atoms with E-state index in [-0.39, 0.29) is 25.2 Å². The summed E-state index contributed by atoms with van der Waals surface area (Å²) in [6, 6.07) is -3.66. The van der Waals surface area contributed by atoms with Crippen LogP contribution in [-0.2, 0) is 28.8 Å². The van der Waals surface area contributed by atoms with Gasteiger partial charge in [0.25, 0.3) is 0 Å². The number of carbonyl (C=O) groups is 6. The Morgan fingerprint density at radius 1 is 0.903 bits per heavy atom. The Kier molecular flexibility index (Phi) is 12.5. The third kappa shape index (κ3) is 11.5. The summed E-state index contributed by atoms with van der Waals surface area (Å²) in [5, 5.41) is 24.8. The molecule has 4 amide bonds. The number of nitrogens with two attached hydrogens (primary N) is 2. The van der Waals surface area contributed by atoms with E-state index in [0.717, 1.165) is 0 Å². The molecule has 0 fully saturated rings. The molecule has 0 aromatic heterocycles. The molecule has 0 aliphatic carbocycles. The second kappa shape index (κ2) is 13.9. The van der Waals surface area contributed by atoms with Crippen molar-refractivity contribution in [3.8, 4) is 0 Å². The van der Waals surface area contributed by atoms with Crippen LogP contribution in [0.15, 0.2) is 0 Å². The first-order valence-corrected chi connectivity index (χ1v) is 9.74. The summed E-state index contributed by atoms with van der Waals surface area (Å²) in [5.74, 6) is -5.84. The Morgan fingerprint density at radius 2 is 1.48 bits per heavy atom. The van der Waals surface area contributed by atoms with Gasteiger partial charge in [0.15, 0.2) is 0 Å². The maximum Gasteiger partial charge on any atom is 0.326 e. The van der Waals surface area contributed by atoms with E-state index in [1.54, 1.807) is 6.92 Å². The van der Waals surface area contributed by atoms with Crippen LogP contribution in [0.2, 0.25) is 0 Å². The van der Waals surface area contributed by atoms with Gasteiger partial charge < -0.3 is 37.6 Å². The normalized spacial score (nSPS) is 14.4. The van der Waals surface area contributed by atoms with E-state index in [9.17, 15) is 33.9 Å². The number of nitrogens with one attached hydrogen (secondary N) is 3. The largest absolute Gasteiger partial charge is 0.481 e. The molecule has 0 spiro atoms. The quantitative estimate of drug-likeness (QED) is 0.143. The first-order chi connectivity index (χ1) is 14.4. The lowest BCUT2D eigenvalue weighted by Crippen LogP contribution is -2.54. The van der Waals surface area contributed by atoms with Crippen molar-refractivity contribution in [1.29, 1.82) is 0 Å². The van der Waals surface area contributed by atoms with Crippen LogP contribution in [0.1, 0.15) is 46.0 Å². The molecule has 0 saturated carbocycles. The molecule has 0 aromatic carbocycles. The van der Waals surface area contributed by atoms with Gasteiger partial charge in [-0.05, 0) is 18.8 Å². The summed E-state index contributed by atoms with van der Waals surface area (Å²) >= 11 is 0. The van der Waals surface area contributed by atoms with E-state index in [2.05, 4.69) is 16.0 Å². The Bertz CT molecular complexity index is 684. The molecule has 0 saturated heterocycles. The number of hydrogen-bond acceptors (Lipinski definition) is 7. The summed E-state index contributed by atoms with van der Waals surface area (Å²) in [6.07, 6.45) is -0.734. The average Bonchev–Trinajstić information content (AvgIpc) is 2.70. The highest BCUT2D eigenvalue weighted by Crippen LogP contribution is 2.05. The van der Waals surface area contributed by atoms with Gasteiger partial charge in [-0.1, -0.05) is 20.3 Å². The number of aliphatic carboxylic acids is 2. The Labute approximate surface area is 179 Å². The molecule has 0 aliphatic rings. The van der Waals surface area contributed by atoms with E-state index in [1.165, 1.54) is 0 Å². The summed E-state index contributed by atoms with van der Waals surface area (Å²) in [4.78, 5) is 69.5. The van der Waals surface area contributed by atoms with Crippen molar-refractivity contribution in [2.24, 2.45) is 17.4 Å². The monoisotopic (exact) mass is 445 g/mol. The first-order valence-electron chi connectivity index (χ1n) is 9.74. The molecule has 4 unspecified atom stereocenters. The smallest absolute Gasteiger partial charge is 0.326 e. The second-order valence-electron chi connectivity index (χ2n) is 7.09. The van der Waals surface area contributed by atoms with Crippen molar-refractivity contribution in [2.75, 3.05) is 6.54 Å². The Balaban J connectivity index is 5.03. The first kappa shape index (κ1) is 27.8. The van der Waals surface area contributed by atoms with Crippen molar-refractivity contribution in [3.63, 3.8) is 0 Å². The molecule has 176 valence electrons. The zero-order chi connectivity index (χ0) is 24.1. The molecule has 0 bridgehead atoms. The molecular formula is C18H31N5O8. The van der Waals surface area contributed by atoms with E-state index >= 15 is 0 Å². The predicted molar refractivity (Wildman–Crippen MR) is 107 cm³/mol. The van der Waals surface area contributed by atoms with Crippen molar-refractivity contribution in [1.82, 2.24) is 16.0 Å². The highest BCUT2D eigenvalue weighted by molar-refractivity contribution is 5.92. The lowest BCUT2D eigenvalue weighted by atomic mass is 9.99. The SMILES string of the molecule is CCC(C)C(N)C(=O)NCC(=O)NC(CCC(=O)O)C(=O)NC(CCC(N)=O)C(=O)O. The van der Waals surface area contributed by atoms with Gasteiger partial charge in [-0.3, -0.25) is 24.0 Å². The molecular weight excluding hydrogens is 414 g/mol. The van der Waals surface area contributed by atoms with E-state index in [1.807, 2.05) is 6.92 Å². The van der Waals surface area contributed by atoms with Crippen LogP contribution < -0.4 is 27.4 Å². The van der Waals surface area contributed by atoms with Crippen LogP contribution in [0, 0.1) is 5.92 Å². The Hall–Kier alpha value is -3.22. The van der Waals surface area contributed by atoms with Gasteiger partial charge >= 0.3 is 11.9 Å². The Morgan fingerprint density at radius 3 is 1.97 bits per heavy atom. The van der Waals surface area contributed by atoms with E-state index in [0.29, 0.717) is 6.42 Å². The molecule has 0 aliphatic heterocycles. The summed E-state index contributed by atoms with van der Waals surface area (Å²) in [6.45, 7) is 3.11. The fourth-order valence-corrected chi connectivity index (χ4v) is 2.40. The zero-order valence-electron chi connectivity index (χ0n) is 17.6. The highest BCUT2D eigenvalue weighted by atomic mass is 16.4. The van der Waals surface area contributed by atoms with Crippen LogP contribution in [0.4, 0.5) is 0 Å². The summed E-state index contributed by atoms with van der Waals surface area (Å²) < 4.78 is 0. The molecule has 13 nitrogen and oxygen atoms in total. The van der Waals surface area contributed by atoms with Crippen LogP contribution in [0.5, 0.6) is 0 Å². The third-order valence-corrected chi connectivity index (χ3v) is 4.58. The fraction of sp³-hybridized carbons (Fsp3) is 0.667. The molecule has 0 aromatic rings. The number of hydrogen-bond donors (Lipinski definition) is 7. The molecule has 4 atom stereocenters. The highest BCUT2D eigenvalue weighted by Gasteiger charge is 2.27. The van der Waals surface area contributed by atoms with E-state index in [4.69, 9.17) is 16.6 Å². The minimum atomic E-state index is -1.46. The average molecular weight is 445 g/mol. The lowest BCUT2D eigenvalue weighted by Gasteiger charge is -2.21. The summed E-state index contributed by atoms with van der Waals surface area (Å²) in [5.41, 5.74) is 10.7. The minimum Gasteiger partial charge on any atom is -0.481 e. The second-order valence-corrected chi connectivity index (χ2v) is 7.09.